The van der Waals surface area contributed by atoms with E-state index in [9.17, 15) is 9.59 Å². The van der Waals surface area contributed by atoms with Gasteiger partial charge in [0.1, 0.15) is 17.9 Å². The van der Waals surface area contributed by atoms with Gasteiger partial charge in [0, 0.05) is 31.9 Å². The third-order valence-electron chi connectivity index (χ3n) is 5.32. The monoisotopic (exact) mass is 359 g/mol. The molecule has 1 aromatic heterocycles. The van der Waals surface area contributed by atoms with Crippen molar-refractivity contribution in [3.05, 3.63) is 24.0 Å². The van der Waals surface area contributed by atoms with Crippen LogP contribution in [0.15, 0.2) is 18.3 Å². The topological polar surface area (TPSA) is 113 Å². The molecule has 3 N–H and O–H groups in total. The number of carbonyl (C=O) groups excluding carboxylic acids is 2. The first-order valence-corrected chi connectivity index (χ1v) is 9.01. The Morgan fingerprint density at radius 3 is 2.73 bits per heavy atom. The van der Waals surface area contributed by atoms with Crippen molar-refractivity contribution in [1.82, 2.24) is 14.8 Å². The van der Waals surface area contributed by atoms with Crippen molar-refractivity contribution in [3.8, 4) is 6.07 Å². The van der Waals surface area contributed by atoms with Gasteiger partial charge in [-0.05, 0) is 43.7 Å². The Balaban J connectivity index is 1.45. The predicted octanol–water partition coefficient (Wildman–Crippen LogP) is 0.784. The number of fused-ring (bicyclic) bond motifs is 1. The SMILES string of the molecule is CC(CN)OC(=O)N1C[C@H]2CC(NCC(=O)n3cccc3C#N)C[C@H]2C1. The lowest BCUT2D eigenvalue weighted by atomic mass is 10.0. The summed E-state index contributed by atoms with van der Waals surface area (Å²) in [7, 11) is 0. The average Bonchev–Trinajstić information content (AvgIpc) is 3.33. The zero-order valence-corrected chi connectivity index (χ0v) is 14.9. The average molecular weight is 359 g/mol. The van der Waals surface area contributed by atoms with Crippen LogP contribution >= 0.6 is 0 Å². The van der Waals surface area contributed by atoms with Gasteiger partial charge in [-0.25, -0.2) is 4.79 Å². The molecule has 140 valence electrons. The third-order valence-corrected chi connectivity index (χ3v) is 5.32. The van der Waals surface area contributed by atoms with Crippen molar-refractivity contribution < 1.29 is 14.3 Å². The molecule has 2 aliphatic rings. The minimum Gasteiger partial charge on any atom is -0.445 e. The number of ether oxygens (including phenoxy) is 1. The number of nitrogens with zero attached hydrogens (tertiary/aromatic N) is 3. The molecule has 1 aliphatic heterocycles. The van der Waals surface area contributed by atoms with Crippen LogP contribution in [0, 0.1) is 23.2 Å². The van der Waals surface area contributed by atoms with E-state index in [2.05, 4.69) is 5.32 Å². The number of amides is 1. The number of nitriles is 1. The Morgan fingerprint density at radius 1 is 1.42 bits per heavy atom. The Bertz CT molecular complexity index is 696. The van der Waals surface area contributed by atoms with Crippen LogP contribution in [-0.2, 0) is 4.74 Å². The van der Waals surface area contributed by atoms with E-state index in [0.29, 0.717) is 37.2 Å². The van der Waals surface area contributed by atoms with E-state index in [1.54, 1.807) is 30.2 Å². The first kappa shape index (κ1) is 18.4. The number of carbonyl (C=O) groups is 2. The molecule has 0 spiro atoms. The van der Waals surface area contributed by atoms with Crippen LogP contribution in [0.5, 0.6) is 0 Å². The molecule has 2 unspecified atom stereocenters. The smallest absolute Gasteiger partial charge is 0.410 e. The lowest BCUT2D eigenvalue weighted by molar-refractivity contribution is 0.0771. The van der Waals surface area contributed by atoms with Crippen LogP contribution in [0.2, 0.25) is 0 Å². The largest absolute Gasteiger partial charge is 0.445 e. The normalized spacial score (nSPS) is 25.6. The van der Waals surface area contributed by atoms with Crippen LogP contribution in [0.1, 0.15) is 30.3 Å². The molecule has 0 bridgehead atoms. The molecule has 1 aromatic rings. The van der Waals surface area contributed by atoms with E-state index in [0.717, 1.165) is 12.8 Å². The van der Waals surface area contributed by atoms with Crippen molar-refractivity contribution >= 4 is 12.0 Å². The number of nitrogens with two attached hydrogens (primary N) is 1. The number of hydrogen-bond donors (Lipinski definition) is 2. The van der Waals surface area contributed by atoms with Crippen molar-refractivity contribution in [1.29, 1.82) is 5.26 Å². The minimum atomic E-state index is -0.284. The van der Waals surface area contributed by atoms with Crippen molar-refractivity contribution in [2.45, 2.75) is 31.9 Å². The second-order valence-electron chi connectivity index (χ2n) is 7.17. The molecule has 0 radical (unpaired) electrons. The molecule has 1 aliphatic carbocycles. The highest BCUT2D eigenvalue weighted by Gasteiger charge is 2.42. The first-order valence-electron chi connectivity index (χ1n) is 9.01. The van der Waals surface area contributed by atoms with Crippen molar-refractivity contribution in [3.63, 3.8) is 0 Å². The molecule has 4 atom stereocenters. The number of rotatable bonds is 5. The van der Waals surface area contributed by atoms with Gasteiger partial charge in [-0.15, -0.1) is 0 Å². The lowest BCUT2D eigenvalue weighted by Crippen LogP contribution is -2.37. The molecular formula is C18H25N5O3. The fourth-order valence-corrected chi connectivity index (χ4v) is 3.92. The summed E-state index contributed by atoms with van der Waals surface area (Å²) in [5, 5.41) is 12.3. The second kappa shape index (κ2) is 7.89. The maximum absolute atomic E-state index is 12.2. The van der Waals surface area contributed by atoms with E-state index < -0.39 is 0 Å². The van der Waals surface area contributed by atoms with E-state index in [-0.39, 0.29) is 30.7 Å². The second-order valence-corrected chi connectivity index (χ2v) is 7.17. The van der Waals surface area contributed by atoms with E-state index in [1.807, 2.05) is 6.07 Å². The molecule has 26 heavy (non-hydrogen) atoms. The Kier molecular flexibility index (Phi) is 5.59. The van der Waals surface area contributed by atoms with Crippen LogP contribution in [0.25, 0.3) is 0 Å². The molecule has 1 saturated heterocycles. The van der Waals surface area contributed by atoms with E-state index in [1.165, 1.54) is 4.57 Å². The number of nitrogens with one attached hydrogen (secondary N) is 1. The highest BCUT2D eigenvalue weighted by molar-refractivity contribution is 5.82. The minimum absolute atomic E-state index is 0.135. The predicted molar refractivity (Wildman–Crippen MR) is 94.3 cm³/mol. The fraction of sp³-hybridized carbons (Fsp3) is 0.611. The standard InChI is InChI=1S/C18H25N5O3/c1-12(7-19)26-18(25)22-10-13-5-15(6-14(13)11-22)21-9-17(24)23-4-2-3-16(23)8-20/h2-4,12-15,21H,5-7,9-11,19H2,1H3/t12?,13-,14+,15?. The van der Waals surface area contributed by atoms with Crippen molar-refractivity contribution in [2.24, 2.45) is 17.6 Å². The lowest BCUT2D eigenvalue weighted by Gasteiger charge is -2.21. The Labute approximate surface area is 152 Å². The van der Waals surface area contributed by atoms with Crippen LogP contribution < -0.4 is 11.1 Å². The summed E-state index contributed by atoms with van der Waals surface area (Å²) in [6.45, 7) is 3.70. The van der Waals surface area contributed by atoms with Gasteiger partial charge in [-0.3, -0.25) is 9.36 Å². The summed E-state index contributed by atoms with van der Waals surface area (Å²) in [4.78, 5) is 26.1. The van der Waals surface area contributed by atoms with Gasteiger partial charge < -0.3 is 20.7 Å². The molecule has 8 heteroatoms. The van der Waals surface area contributed by atoms with Gasteiger partial charge >= 0.3 is 6.09 Å². The highest BCUT2D eigenvalue weighted by atomic mass is 16.6. The quantitative estimate of drug-likeness (QED) is 0.803. The third kappa shape index (κ3) is 3.89. The van der Waals surface area contributed by atoms with Gasteiger partial charge in [0.2, 0.25) is 5.91 Å². The van der Waals surface area contributed by atoms with Crippen LogP contribution in [0.4, 0.5) is 4.79 Å². The number of hydrogen-bond acceptors (Lipinski definition) is 6. The fourth-order valence-electron chi connectivity index (χ4n) is 3.92. The first-order chi connectivity index (χ1) is 12.5. The number of likely N-dealkylation sites (tertiary alicyclic amines) is 1. The summed E-state index contributed by atoms with van der Waals surface area (Å²) in [6, 6.07) is 5.58. The molecule has 2 heterocycles. The molecule has 3 rings (SSSR count). The van der Waals surface area contributed by atoms with Gasteiger partial charge in [0.25, 0.3) is 0 Å². The summed E-state index contributed by atoms with van der Waals surface area (Å²) in [6.07, 6.45) is 2.93. The van der Waals surface area contributed by atoms with Gasteiger partial charge in [0.15, 0.2) is 0 Å². The molecule has 1 saturated carbocycles. The highest BCUT2D eigenvalue weighted by Crippen LogP contribution is 2.38. The maximum Gasteiger partial charge on any atom is 0.410 e. The zero-order chi connectivity index (χ0) is 18.7. The van der Waals surface area contributed by atoms with Gasteiger partial charge in [-0.2, -0.15) is 5.26 Å². The van der Waals surface area contributed by atoms with Crippen LogP contribution in [0.3, 0.4) is 0 Å². The van der Waals surface area contributed by atoms with Gasteiger partial charge in [-0.1, -0.05) is 0 Å². The Hall–Kier alpha value is -2.37. The summed E-state index contributed by atoms with van der Waals surface area (Å²) < 4.78 is 6.66. The van der Waals surface area contributed by atoms with E-state index in [4.69, 9.17) is 15.7 Å². The summed E-state index contributed by atoms with van der Waals surface area (Å²) in [5.41, 5.74) is 5.84. The van der Waals surface area contributed by atoms with E-state index >= 15 is 0 Å². The maximum atomic E-state index is 12.2. The molecule has 2 fully saturated rings. The summed E-state index contributed by atoms with van der Waals surface area (Å²) in [5.74, 6) is 0.735. The van der Waals surface area contributed by atoms with Crippen LogP contribution in [-0.4, -0.2) is 59.8 Å². The molecule has 1 amide bonds. The Morgan fingerprint density at radius 2 is 2.12 bits per heavy atom. The number of aromatic nitrogens is 1. The molecular weight excluding hydrogens is 334 g/mol. The zero-order valence-electron chi connectivity index (χ0n) is 14.9. The van der Waals surface area contributed by atoms with Crippen molar-refractivity contribution in [2.75, 3.05) is 26.2 Å². The molecule has 0 aromatic carbocycles. The van der Waals surface area contributed by atoms with Gasteiger partial charge in [0.05, 0.1) is 6.54 Å². The summed E-state index contributed by atoms with van der Waals surface area (Å²) >= 11 is 0. The molecule has 8 nitrogen and oxygen atoms in total.